The molecular formula is C66H44N2O. The van der Waals surface area contributed by atoms with Crippen molar-refractivity contribution in [2.45, 2.75) is 0 Å². The Hall–Kier alpha value is -9.18. The molecule has 69 heavy (non-hydrogen) atoms. The third-order valence-corrected chi connectivity index (χ3v) is 13.6. The second-order valence-electron chi connectivity index (χ2n) is 17.7. The first kappa shape index (κ1) is 40.1. The first-order valence-corrected chi connectivity index (χ1v) is 23.6. The third kappa shape index (κ3) is 7.34. The van der Waals surface area contributed by atoms with Crippen LogP contribution in [-0.2, 0) is 0 Å². The summed E-state index contributed by atoms with van der Waals surface area (Å²) in [6.07, 6.45) is 0. The summed E-state index contributed by atoms with van der Waals surface area (Å²) in [7, 11) is 0. The molecule has 0 unspecified atom stereocenters. The molecule has 3 nitrogen and oxygen atoms in total. The summed E-state index contributed by atoms with van der Waals surface area (Å²) in [6, 6.07) is 96.0. The van der Waals surface area contributed by atoms with Gasteiger partial charge in [0.2, 0.25) is 0 Å². The van der Waals surface area contributed by atoms with Crippen molar-refractivity contribution in [1.29, 1.82) is 0 Å². The van der Waals surface area contributed by atoms with E-state index in [4.69, 9.17) is 4.42 Å². The van der Waals surface area contributed by atoms with Crippen molar-refractivity contribution in [3.63, 3.8) is 0 Å². The van der Waals surface area contributed by atoms with Gasteiger partial charge in [0.15, 0.2) is 0 Å². The maximum atomic E-state index is 6.20. The minimum absolute atomic E-state index is 0.908. The van der Waals surface area contributed by atoms with Gasteiger partial charge < -0.3 is 13.9 Å². The number of anilines is 3. The quantitative estimate of drug-likeness (QED) is 0.144. The van der Waals surface area contributed by atoms with E-state index in [-0.39, 0.29) is 0 Å². The first-order valence-electron chi connectivity index (χ1n) is 23.6. The Morgan fingerprint density at radius 2 is 0.609 bits per heavy atom. The van der Waals surface area contributed by atoms with Crippen molar-refractivity contribution in [2.75, 3.05) is 4.90 Å². The number of hydrogen-bond acceptors (Lipinski definition) is 2. The van der Waals surface area contributed by atoms with Crippen molar-refractivity contribution in [3.8, 4) is 61.3 Å². The zero-order valence-electron chi connectivity index (χ0n) is 37.7. The van der Waals surface area contributed by atoms with Crippen molar-refractivity contribution in [2.24, 2.45) is 0 Å². The molecular weight excluding hydrogens is 837 g/mol. The molecule has 0 aliphatic rings. The van der Waals surface area contributed by atoms with Gasteiger partial charge in [0, 0.05) is 44.3 Å². The topological polar surface area (TPSA) is 21.3 Å². The van der Waals surface area contributed by atoms with E-state index >= 15 is 0 Å². The number of benzene rings is 11. The summed E-state index contributed by atoms with van der Waals surface area (Å²) in [5, 5.41) is 4.82. The van der Waals surface area contributed by atoms with Crippen molar-refractivity contribution in [3.05, 3.63) is 267 Å². The van der Waals surface area contributed by atoms with E-state index in [2.05, 4.69) is 264 Å². The zero-order valence-corrected chi connectivity index (χ0v) is 37.7. The maximum Gasteiger partial charge on any atom is 0.136 e. The molecule has 2 heterocycles. The van der Waals surface area contributed by atoms with Crippen LogP contribution >= 0.6 is 0 Å². The van der Waals surface area contributed by atoms with Gasteiger partial charge in [0.1, 0.15) is 11.2 Å². The lowest BCUT2D eigenvalue weighted by Crippen LogP contribution is -2.09. The molecule has 0 amide bonds. The fourth-order valence-electron chi connectivity index (χ4n) is 10.1. The molecule has 0 aliphatic heterocycles. The van der Waals surface area contributed by atoms with E-state index in [1.165, 1.54) is 60.8 Å². The van der Waals surface area contributed by atoms with Crippen LogP contribution in [0.5, 0.6) is 0 Å². The molecule has 13 rings (SSSR count). The summed E-state index contributed by atoms with van der Waals surface area (Å²) in [5.74, 6) is 0. The molecule has 3 heteroatoms. The number of nitrogens with zero attached hydrogens (tertiary/aromatic N) is 2. The SMILES string of the molecule is c1ccc(-c2ccc(N(c3ccc(-c4ccc(-c5cccc(-n6c7ccccc7c7ccccc76)c5)cc4)cc3)c3ccc(-c4ccc(-c5ccc6c(c5)oc5ccccc56)cc4)cc3)cc2)cc1. The predicted octanol–water partition coefficient (Wildman–Crippen LogP) is 18.5. The lowest BCUT2D eigenvalue weighted by Gasteiger charge is -2.26. The van der Waals surface area contributed by atoms with Crippen LogP contribution in [0.4, 0.5) is 17.1 Å². The Balaban J connectivity index is 0.782. The van der Waals surface area contributed by atoms with Gasteiger partial charge in [-0.25, -0.2) is 0 Å². The second-order valence-corrected chi connectivity index (χ2v) is 17.7. The minimum atomic E-state index is 0.908. The molecule has 0 bridgehead atoms. The smallest absolute Gasteiger partial charge is 0.136 e. The highest BCUT2D eigenvalue weighted by atomic mass is 16.3. The van der Waals surface area contributed by atoms with Gasteiger partial charge in [0.05, 0.1) is 11.0 Å². The van der Waals surface area contributed by atoms with Crippen LogP contribution < -0.4 is 4.90 Å². The fourth-order valence-corrected chi connectivity index (χ4v) is 10.1. The van der Waals surface area contributed by atoms with E-state index in [9.17, 15) is 0 Å². The zero-order chi connectivity index (χ0) is 45.7. The van der Waals surface area contributed by atoms with Gasteiger partial charge in [-0.05, 0) is 134 Å². The summed E-state index contributed by atoms with van der Waals surface area (Å²) in [5.41, 5.74) is 20.4. The van der Waals surface area contributed by atoms with Crippen molar-refractivity contribution < 1.29 is 4.42 Å². The summed E-state index contributed by atoms with van der Waals surface area (Å²) < 4.78 is 8.58. The number of fused-ring (bicyclic) bond motifs is 6. The van der Waals surface area contributed by atoms with Gasteiger partial charge in [-0.1, -0.05) is 188 Å². The molecule has 0 aliphatic carbocycles. The molecule has 0 saturated carbocycles. The van der Waals surface area contributed by atoms with Crippen molar-refractivity contribution in [1.82, 2.24) is 4.57 Å². The highest BCUT2D eigenvalue weighted by Gasteiger charge is 2.16. The summed E-state index contributed by atoms with van der Waals surface area (Å²) in [6.45, 7) is 0. The van der Waals surface area contributed by atoms with Crippen LogP contribution in [0.25, 0.3) is 105 Å². The van der Waals surface area contributed by atoms with Crippen LogP contribution in [0.15, 0.2) is 271 Å². The Bertz CT molecular complexity index is 3910. The highest BCUT2D eigenvalue weighted by molar-refractivity contribution is 6.09. The lowest BCUT2D eigenvalue weighted by molar-refractivity contribution is 0.669. The van der Waals surface area contributed by atoms with Crippen molar-refractivity contribution >= 4 is 60.8 Å². The van der Waals surface area contributed by atoms with Crippen LogP contribution in [0.3, 0.4) is 0 Å². The Kier molecular flexibility index (Phi) is 9.84. The molecule has 0 atom stereocenters. The molecule has 0 radical (unpaired) electrons. The normalized spacial score (nSPS) is 11.5. The number of rotatable bonds is 9. The molecule has 0 N–H and O–H groups in total. The van der Waals surface area contributed by atoms with E-state index in [0.29, 0.717) is 0 Å². The largest absolute Gasteiger partial charge is 0.456 e. The van der Waals surface area contributed by atoms with Gasteiger partial charge in [-0.2, -0.15) is 0 Å². The summed E-state index contributed by atoms with van der Waals surface area (Å²) >= 11 is 0. The predicted molar refractivity (Wildman–Crippen MR) is 290 cm³/mol. The standard InChI is InChI=1S/C66H44N2O/c1-2-11-45(12-3-1)48-29-36-55(37-30-48)67(57-40-33-50(34-41-57)47-23-27-52(28-24-47)54-35-42-62-61-17-6-9-20-65(61)69-66(62)44-54)56-38-31-49(32-39-56)46-21-25-51(26-22-46)53-13-10-14-58(43-53)68-63-18-7-4-15-59(63)60-16-5-8-19-64(60)68/h1-44H. The molecule has 2 aromatic heterocycles. The van der Waals surface area contributed by atoms with Crippen LogP contribution in [0, 0.1) is 0 Å². The third-order valence-electron chi connectivity index (χ3n) is 13.6. The van der Waals surface area contributed by atoms with Crippen LogP contribution in [-0.4, -0.2) is 4.57 Å². The van der Waals surface area contributed by atoms with E-state index in [1.807, 2.05) is 12.1 Å². The molecule has 324 valence electrons. The van der Waals surface area contributed by atoms with Gasteiger partial charge >= 0.3 is 0 Å². The minimum Gasteiger partial charge on any atom is -0.456 e. The Morgan fingerprint density at radius 3 is 1.13 bits per heavy atom. The lowest BCUT2D eigenvalue weighted by atomic mass is 9.99. The molecule has 0 fully saturated rings. The van der Waals surface area contributed by atoms with E-state index in [0.717, 1.165) is 61.4 Å². The van der Waals surface area contributed by atoms with Gasteiger partial charge in [0.25, 0.3) is 0 Å². The Labute approximate surface area is 401 Å². The number of aromatic nitrogens is 1. The fraction of sp³-hybridized carbons (Fsp3) is 0. The Morgan fingerprint density at radius 1 is 0.246 bits per heavy atom. The average molecular weight is 881 g/mol. The van der Waals surface area contributed by atoms with Crippen LogP contribution in [0.1, 0.15) is 0 Å². The van der Waals surface area contributed by atoms with E-state index in [1.54, 1.807) is 0 Å². The molecule has 13 aromatic rings. The summed E-state index contributed by atoms with van der Waals surface area (Å²) in [4.78, 5) is 2.34. The highest BCUT2D eigenvalue weighted by Crippen LogP contribution is 2.40. The second kappa shape index (κ2) is 16.9. The molecule has 0 saturated heterocycles. The number of hydrogen-bond donors (Lipinski definition) is 0. The molecule has 11 aromatic carbocycles. The van der Waals surface area contributed by atoms with Crippen LogP contribution in [0.2, 0.25) is 0 Å². The van der Waals surface area contributed by atoms with E-state index < -0.39 is 0 Å². The first-order chi connectivity index (χ1) is 34.2. The maximum absolute atomic E-state index is 6.20. The number of para-hydroxylation sites is 3. The average Bonchev–Trinajstić information content (AvgIpc) is 3.98. The number of furan rings is 1. The van der Waals surface area contributed by atoms with Gasteiger partial charge in [-0.3, -0.25) is 0 Å². The monoisotopic (exact) mass is 880 g/mol. The molecule has 0 spiro atoms. The van der Waals surface area contributed by atoms with Gasteiger partial charge in [-0.15, -0.1) is 0 Å².